The van der Waals surface area contributed by atoms with Gasteiger partial charge in [-0.15, -0.1) is 11.3 Å². The smallest absolute Gasteiger partial charge is 0.238 e. The molecule has 0 fully saturated rings. The molecule has 10 heteroatoms. The molecule has 1 heterocycles. The number of benzene rings is 3. The van der Waals surface area contributed by atoms with Crippen LogP contribution >= 0.6 is 23.1 Å². The second-order valence-corrected chi connectivity index (χ2v) is 10.2. The third-order valence-electron chi connectivity index (χ3n) is 5.32. The Labute approximate surface area is 223 Å². The zero-order valence-electron chi connectivity index (χ0n) is 20.6. The Morgan fingerprint density at radius 3 is 2.70 bits per heavy atom. The van der Waals surface area contributed by atoms with Crippen LogP contribution in [0, 0.1) is 5.82 Å². The molecular formula is C27H28FN3O4S2. The number of hydrogen-bond acceptors (Lipinski definition) is 8. The second kappa shape index (κ2) is 13.4. The van der Waals surface area contributed by atoms with E-state index in [2.05, 4.69) is 27.8 Å². The average molecular weight is 542 g/mol. The van der Waals surface area contributed by atoms with Gasteiger partial charge in [-0.25, -0.2) is 9.37 Å². The van der Waals surface area contributed by atoms with Crippen molar-refractivity contribution in [2.45, 2.75) is 5.75 Å². The summed E-state index contributed by atoms with van der Waals surface area (Å²) >= 11 is 3.18. The molecule has 4 aromatic rings. The van der Waals surface area contributed by atoms with Gasteiger partial charge in [0.1, 0.15) is 22.3 Å². The Kier molecular flexibility index (Phi) is 9.72. The third-order valence-corrected chi connectivity index (χ3v) is 7.42. The summed E-state index contributed by atoms with van der Waals surface area (Å²) in [6.07, 6.45) is 0. The molecule has 1 amide bonds. The molecule has 4 rings (SSSR count). The van der Waals surface area contributed by atoms with Crippen LogP contribution in [-0.2, 0) is 15.3 Å². The van der Waals surface area contributed by atoms with Gasteiger partial charge in [0.2, 0.25) is 5.91 Å². The lowest BCUT2D eigenvalue weighted by atomic mass is 10.2. The lowest BCUT2D eigenvalue weighted by molar-refractivity contribution is -0.115. The fourth-order valence-corrected chi connectivity index (χ4v) is 5.33. The van der Waals surface area contributed by atoms with Crippen molar-refractivity contribution in [1.82, 2.24) is 10.3 Å². The van der Waals surface area contributed by atoms with E-state index in [4.69, 9.17) is 14.2 Å². The first kappa shape index (κ1) is 26.9. The molecule has 2 N–H and O–H groups in total. The number of thiazole rings is 1. The van der Waals surface area contributed by atoms with Crippen LogP contribution in [0.2, 0.25) is 0 Å². The van der Waals surface area contributed by atoms with Gasteiger partial charge in [0.25, 0.3) is 0 Å². The van der Waals surface area contributed by atoms with E-state index in [-0.39, 0.29) is 25.1 Å². The van der Waals surface area contributed by atoms with Crippen LogP contribution in [0.3, 0.4) is 0 Å². The molecule has 194 valence electrons. The Bertz CT molecular complexity index is 1330. The standard InChI is InChI=1S/C27H28FN3O4S2/c1-33-17-35-24-10-5-19(27-31-22-9-6-20(28)14-25(22)37-27)13-23(24)30-26(32)15-29-11-12-36-16-18-3-7-21(34-2)8-4-18/h3-10,13-14,29H,11-12,15-17H2,1-2H3,(H,30,32). The first-order valence-corrected chi connectivity index (χ1v) is 13.6. The van der Waals surface area contributed by atoms with Crippen molar-refractivity contribution in [3.05, 3.63) is 72.0 Å². The minimum absolute atomic E-state index is 0.0479. The van der Waals surface area contributed by atoms with Crippen LogP contribution in [0.1, 0.15) is 5.56 Å². The molecule has 0 spiro atoms. The predicted octanol–water partition coefficient (Wildman–Crippen LogP) is 5.56. The van der Waals surface area contributed by atoms with Gasteiger partial charge < -0.3 is 24.8 Å². The minimum atomic E-state index is -0.300. The Morgan fingerprint density at radius 1 is 1.08 bits per heavy atom. The Balaban J connectivity index is 1.32. The van der Waals surface area contributed by atoms with Gasteiger partial charge in [0.05, 0.1) is 29.6 Å². The second-order valence-electron chi connectivity index (χ2n) is 8.02. The van der Waals surface area contributed by atoms with E-state index in [9.17, 15) is 9.18 Å². The largest absolute Gasteiger partial charge is 0.497 e. The summed E-state index contributed by atoms with van der Waals surface area (Å²) in [5.41, 5.74) is 3.26. The van der Waals surface area contributed by atoms with Gasteiger partial charge in [0, 0.05) is 30.7 Å². The summed E-state index contributed by atoms with van der Waals surface area (Å²) in [7, 11) is 3.19. The number of anilines is 1. The van der Waals surface area contributed by atoms with E-state index < -0.39 is 0 Å². The van der Waals surface area contributed by atoms with E-state index >= 15 is 0 Å². The minimum Gasteiger partial charge on any atom is -0.497 e. The highest BCUT2D eigenvalue weighted by molar-refractivity contribution is 7.98. The zero-order chi connectivity index (χ0) is 26.0. The number of halogens is 1. The monoisotopic (exact) mass is 541 g/mol. The number of carbonyl (C=O) groups is 1. The SMILES string of the molecule is COCOc1ccc(-c2nc3ccc(F)cc3s2)cc1NC(=O)CNCCSCc1ccc(OC)cc1. The molecule has 0 bridgehead atoms. The van der Waals surface area contributed by atoms with E-state index in [1.54, 1.807) is 31.0 Å². The first-order valence-electron chi connectivity index (χ1n) is 11.6. The average Bonchev–Trinajstić information content (AvgIpc) is 3.33. The summed E-state index contributed by atoms with van der Waals surface area (Å²) in [5.74, 6) is 2.61. The number of aromatic nitrogens is 1. The molecule has 37 heavy (non-hydrogen) atoms. The lowest BCUT2D eigenvalue weighted by Gasteiger charge is -2.13. The Hall–Kier alpha value is -3.18. The van der Waals surface area contributed by atoms with E-state index in [1.807, 2.05) is 24.3 Å². The highest BCUT2D eigenvalue weighted by Crippen LogP contribution is 2.35. The molecule has 0 atom stereocenters. The fraction of sp³-hybridized carbons (Fsp3) is 0.259. The fourth-order valence-electron chi connectivity index (χ4n) is 3.48. The normalized spacial score (nSPS) is 11.0. The number of hydrogen-bond donors (Lipinski definition) is 2. The van der Waals surface area contributed by atoms with Crippen molar-refractivity contribution in [2.75, 3.05) is 45.2 Å². The van der Waals surface area contributed by atoms with Gasteiger partial charge in [-0.2, -0.15) is 11.8 Å². The van der Waals surface area contributed by atoms with Gasteiger partial charge in [-0.1, -0.05) is 12.1 Å². The van der Waals surface area contributed by atoms with Crippen LogP contribution in [0.15, 0.2) is 60.7 Å². The van der Waals surface area contributed by atoms with E-state index in [0.717, 1.165) is 38.0 Å². The van der Waals surface area contributed by atoms with Crippen molar-refractivity contribution >= 4 is 44.9 Å². The van der Waals surface area contributed by atoms with Gasteiger partial charge in [-0.3, -0.25) is 4.79 Å². The van der Waals surface area contributed by atoms with Crippen LogP contribution < -0.4 is 20.1 Å². The molecule has 1 aromatic heterocycles. The summed E-state index contributed by atoms with van der Waals surface area (Å²) in [5, 5.41) is 6.82. The maximum absolute atomic E-state index is 13.6. The molecule has 7 nitrogen and oxygen atoms in total. The number of amides is 1. The van der Waals surface area contributed by atoms with Crippen LogP contribution in [0.25, 0.3) is 20.8 Å². The summed E-state index contributed by atoms with van der Waals surface area (Å²) < 4.78 is 30.2. The highest BCUT2D eigenvalue weighted by Gasteiger charge is 2.13. The molecule has 0 saturated carbocycles. The Morgan fingerprint density at radius 2 is 1.92 bits per heavy atom. The molecule has 0 aliphatic carbocycles. The van der Waals surface area contributed by atoms with Crippen molar-refractivity contribution in [1.29, 1.82) is 0 Å². The number of methoxy groups -OCH3 is 2. The number of ether oxygens (including phenoxy) is 3. The topological polar surface area (TPSA) is 81.7 Å². The molecule has 3 aromatic carbocycles. The molecule has 0 saturated heterocycles. The number of fused-ring (bicyclic) bond motifs is 1. The maximum Gasteiger partial charge on any atom is 0.238 e. The van der Waals surface area contributed by atoms with Gasteiger partial charge >= 0.3 is 0 Å². The van der Waals surface area contributed by atoms with Crippen LogP contribution in [-0.4, -0.2) is 50.7 Å². The van der Waals surface area contributed by atoms with Crippen LogP contribution in [0.4, 0.5) is 10.1 Å². The number of thioether (sulfide) groups is 1. The van der Waals surface area contributed by atoms with Crippen LogP contribution in [0.5, 0.6) is 11.5 Å². The van der Waals surface area contributed by atoms with Crippen molar-refractivity contribution < 1.29 is 23.4 Å². The number of rotatable bonds is 13. The quantitative estimate of drug-likeness (QED) is 0.170. The maximum atomic E-state index is 13.6. The van der Waals surface area contributed by atoms with Gasteiger partial charge in [0.15, 0.2) is 6.79 Å². The number of nitrogens with zero attached hydrogens (tertiary/aromatic N) is 1. The number of nitrogens with one attached hydrogen (secondary N) is 2. The molecule has 0 unspecified atom stereocenters. The van der Waals surface area contributed by atoms with E-state index in [1.165, 1.54) is 36.1 Å². The molecule has 0 radical (unpaired) electrons. The molecule has 0 aliphatic rings. The summed E-state index contributed by atoms with van der Waals surface area (Å²) in [6.45, 7) is 0.910. The number of carbonyl (C=O) groups excluding carboxylic acids is 1. The molecular weight excluding hydrogens is 513 g/mol. The van der Waals surface area contributed by atoms with Gasteiger partial charge in [-0.05, 0) is 54.1 Å². The molecule has 0 aliphatic heterocycles. The van der Waals surface area contributed by atoms with Crippen molar-refractivity contribution in [2.24, 2.45) is 0 Å². The third kappa shape index (κ3) is 7.65. The van der Waals surface area contributed by atoms with Crippen molar-refractivity contribution in [3.63, 3.8) is 0 Å². The van der Waals surface area contributed by atoms with Crippen molar-refractivity contribution in [3.8, 4) is 22.1 Å². The zero-order valence-corrected chi connectivity index (χ0v) is 22.2. The first-order chi connectivity index (χ1) is 18.1. The van der Waals surface area contributed by atoms with E-state index in [0.29, 0.717) is 18.0 Å². The lowest BCUT2D eigenvalue weighted by Crippen LogP contribution is -2.29. The summed E-state index contributed by atoms with van der Waals surface area (Å²) in [4.78, 5) is 17.2. The highest BCUT2D eigenvalue weighted by atomic mass is 32.2. The summed E-state index contributed by atoms with van der Waals surface area (Å²) in [6, 6.07) is 18.0. The predicted molar refractivity (Wildman–Crippen MR) is 148 cm³/mol.